The van der Waals surface area contributed by atoms with Gasteiger partial charge in [-0.1, -0.05) is 6.92 Å². The molecule has 0 aliphatic rings. The summed E-state index contributed by atoms with van der Waals surface area (Å²) in [7, 11) is 0. The normalized spacial score (nSPS) is 11.5. The summed E-state index contributed by atoms with van der Waals surface area (Å²) in [6, 6.07) is 0. The molecular weight excluding hydrogens is 184 g/mol. The van der Waals surface area contributed by atoms with Crippen LogP contribution in [-0.2, 0) is 16.1 Å². The molecule has 0 radical (unpaired) electrons. The minimum Gasteiger partial charge on any atom is -0.342 e. The van der Waals surface area contributed by atoms with Gasteiger partial charge in [0.05, 0.1) is 0 Å². The standard InChI is InChI=1S/C9H12N2O3/c1-3-7-5-10-8(11-7)4-6(2)9(12)14-13/h4-5,13H,3H2,1-2H3,(H,10,11). The van der Waals surface area contributed by atoms with Crippen molar-refractivity contribution in [2.75, 3.05) is 0 Å². The number of nitrogens with one attached hydrogen (secondary N) is 1. The van der Waals surface area contributed by atoms with Gasteiger partial charge in [0.25, 0.3) is 0 Å². The molecular formula is C9H12N2O3. The molecule has 2 N–H and O–H groups in total. The zero-order valence-corrected chi connectivity index (χ0v) is 8.07. The van der Waals surface area contributed by atoms with Crippen molar-refractivity contribution in [3.63, 3.8) is 0 Å². The van der Waals surface area contributed by atoms with Crippen LogP contribution in [0.2, 0.25) is 0 Å². The first kappa shape index (κ1) is 10.5. The van der Waals surface area contributed by atoms with E-state index in [2.05, 4.69) is 14.9 Å². The second kappa shape index (κ2) is 4.57. The smallest absolute Gasteiger partial charge is 0.342 e. The van der Waals surface area contributed by atoms with Crippen LogP contribution in [0.4, 0.5) is 0 Å². The first-order valence-corrected chi connectivity index (χ1v) is 4.25. The Hall–Kier alpha value is -1.62. The fourth-order valence-electron chi connectivity index (χ4n) is 0.966. The average molecular weight is 196 g/mol. The Kier molecular flexibility index (Phi) is 3.41. The van der Waals surface area contributed by atoms with Gasteiger partial charge in [0.1, 0.15) is 5.82 Å². The molecule has 1 aromatic heterocycles. The molecule has 5 nitrogen and oxygen atoms in total. The van der Waals surface area contributed by atoms with E-state index in [4.69, 9.17) is 5.26 Å². The van der Waals surface area contributed by atoms with E-state index in [1.165, 1.54) is 13.0 Å². The van der Waals surface area contributed by atoms with Gasteiger partial charge in [-0.05, 0) is 19.4 Å². The van der Waals surface area contributed by atoms with E-state index in [0.29, 0.717) is 5.82 Å². The van der Waals surface area contributed by atoms with Gasteiger partial charge >= 0.3 is 5.97 Å². The lowest BCUT2D eigenvalue weighted by molar-refractivity contribution is -0.229. The maximum Gasteiger partial charge on any atom is 0.368 e. The minimum atomic E-state index is -0.778. The van der Waals surface area contributed by atoms with E-state index >= 15 is 0 Å². The summed E-state index contributed by atoms with van der Waals surface area (Å²) in [5.74, 6) is -0.204. The molecule has 0 aromatic carbocycles. The molecule has 5 heteroatoms. The Balaban J connectivity index is 2.80. The molecule has 0 amide bonds. The van der Waals surface area contributed by atoms with Crippen molar-refractivity contribution < 1.29 is 14.9 Å². The number of carbonyl (C=O) groups is 1. The quantitative estimate of drug-likeness (QED) is 0.435. The van der Waals surface area contributed by atoms with Gasteiger partial charge in [0.2, 0.25) is 0 Å². The zero-order chi connectivity index (χ0) is 10.6. The summed E-state index contributed by atoms with van der Waals surface area (Å²) in [5, 5.41) is 8.11. The highest BCUT2D eigenvalue weighted by Crippen LogP contribution is 2.05. The SMILES string of the molecule is CCc1cnc(C=C(C)C(=O)OO)[nH]1. The summed E-state index contributed by atoms with van der Waals surface area (Å²) < 4.78 is 0. The molecule has 0 saturated carbocycles. The van der Waals surface area contributed by atoms with Crippen LogP contribution in [0.25, 0.3) is 6.08 Å². The second-order valence-corrected chi connectivity index (χ2v) is 2.85. The maximum absolute atomic E-state index is 10.8. The number of rotatable bonds is 3. The molecule has 0 bridgehead atoms. The zero-order valence-electron chi connectivity index (χ0n) is 8.07. The highest BCUT2D eigenvalue weighted by atomic mass is 17.1. The van der Waals surface area contributed by atoms with E-state index in [1.54, 1.807) is 6.20 Å². The number of aromatic nitrogens is 2. The van der Waals surface area contributed by atoms with Crippen LogP contribution >= 0.6 is 0 Å². The van der Waals surface area contributed by atoms with Gasteiger partial charge in [-0.2, -0.15) is 5.26 Å². The van der Waals surface area contributed by atoms with Crippen LogP contribution in [0.15, 0.2) is 11.8 Å². The average Bonchev–Trinajstić information content (AvgIpc) is 2.64. The Morgan fingerprint density at radius 3 is 3.00 bits per heavy atom. The third-order valence-corrected chi connectivity index (χ3v) is 1.79. The van der Waals surface area contributed by atoms with Gasteiger partial charge in [0, 0.05) is 17.5 Å². The molecule has 1 rings (SSSR count). The lowest BCUT2D eigenvalue weighted by Crippen LogP contribution is -2.01. The Labute approximate surface area is 81.4 Å². The molecule has 0 aliphatic carbocycles. The van der Waals surface area contributed by atoms with Crippen molar-refractivity contribution in [3.8, 4) is 0 Å². The number of nitrogens with zero attached hydrogens (tertiary/aromatic N) is 1. The summed E-state index contributed by atoms with van der Waals surface area (Å²) in [6.07, 6.45) is 4.06. The van der Waals surface area contributed by atoms with E-state index in [0.717, 1.165) is 12.1 Å². The first-order chi connectivity index (χ1) is 6.67. The molecule has 0 spiro atoms. The van der Waals surface area contributed by atoms with Crippen LogP contribution in [0.5, 0.6) is 0 Å². The maximum atomic E-state index is 10.8. The van der Waals surface area contributed by atoms with Crippen molar-refractivity contribution in [2.24, 2.45) is 0 Å². The van der Waals surface area contributed by atoms with Gasteiger partial charge < -0.3 is 4.98 Å². The number of hydrogen-bond acceptors (Lipinski definition) is 4. The third-order valence-electron chi connectivity index (χ3n) is 1.79. The van der Waals surface area contributed by atoms with Crippen LogP contribution in [-0.4, -0.2) is 21.2 Å². The molecule has 1 aromatic rings. The van der Waals surface area contributed by atoms with Gasteiger partial charge in [0.15, 0.2) is 0 Å². The Morgan fingerprint density at radius 1 is 1.79 bits per heavy atom. The number of carbonyl (C=O) groups excluding carboxylic acids is 1. The van der Waals surface area contributed by atoms with E-state index < -0.39 is 5.97 Å². The van der Waals surface area contributed by atoms with Crippen LogP contribution in [0, 0.1) is 0 Å². The topological polar surface area (TPSA) is 75.2 Å². The molecule has 0 unspecified atom stereocenters. The van der Waals surface area contributed by atoms with Gasteiger partial charge in [-0.15, -0.1) is 0 Å². The summed E-state index contributed by atoms with van der Waals surface area (Å²) in [5.41, 5.74) is 1.27. The fraction of sp³-hybridized carbons (Fsp3) is 0.333. The van der Waals surface area contributed by atoms with Gasteiger partial charge in [-0.25, -0.2) is 9.78 Å². The molecule has 14 heavy (non-hydrogen) atoms. The number of aromatic amines is 1. The largest absolute Gasteiger partial charge is 0.368 e. The second-order valence-electron chi connectivity index (χ2n) is 2.85. The minimum absolute atomic E-state index is 0.282. The lowest BCUT2D eigenvalue weighted by atomic mass is 10.3. The first-order valence-electron chi connectivity index (χ1n) is 4.25. The van der Waals surface area contributed by atoms with Crippen molar-refractivity contribution in [3.05, 3.63) is 23.3 Å². The van der Waals surface area contributed by atoms with E-state index in [1.807, 2.05) is 6.92 Å². The van der Waals surface area contributed by atoms with Crippen LogP contribution in [0.1, 0.15) is 25.4 Å². The summed E-state index contributed by atoms with van der Waals surface area (Å²) >= 11 is 0. The van der Waals surface area contributed by atoms with Crippen molar-refractivity contribution in [1.29, 1.82) is 0 Å². The molecule has 0 saturated heterocycles. The van der Waals surface area contributed by atoms with E-state index in [9.17, 15) is 4.79 Å². The number of H-pyrrole nitrogens is 1. The monoisotopic (exact) mass is 196 g/mol. The van der Waals surface area contributed by atoms with E-state index in [-0.39, 0.29) is 5.57 Å². The molecule has 0 atom stereocenters. The lowest BCUT2D eigenvalue weighted by Gasteiger charge is -1.93. The third kappa shape index (κ3) is 2.43. The molecule has 0 fully saturated rings. The van der Waals surface area contributed by atoms with Crippen LogP contribution in [0.3, 0.4) is 0 Å². The Morgan fingerprint density at radius 2 is 2.50 bits per heavy atom. The molecule has 1 heterocycles. The number of hydrogen-bond donors (Lipinski definition) is 2. The summed E-state index contributed by atoms with van der Waals surface area (Å²) in [6.45, 7) is 3.53. The van der Waals surface area contributed by atoms with Crippen molar-refractivity contribution in [1.82, 2.24) is 9.97 Å². The Bertz CT molecular complexity index is 355. The van der Waals surface area contributed by atoms with Gasteiger partial charge in [-0.3, -0.25) is 4.89 Å². The fourth-order valence-corrected chi connectivity index (χ4v) is 0.966. The highest BCUT2D eigenvalue weighted by Gasteiger charge is 2.05. The number of aryl methyl sites for hydroxylation is 1. The predicted octanol–water partition coefficient (Wildman–Crippen LogP) is 1.39. The molecule has 0 aliphatic heterocycles. The van der Waals surface area contributed by atoms with Crippen molar-refractivity contribution >= 4 is 12.0 Å². The number of imidazole rings is 1. The van der Waals surface area contributed by atoms with Crippen LogP contribution < -0.4 is 0 Å². The summed E-state index contributed by atoms with van der Waals surface area (Å²) in [4.78, 5) is 21.4. The predicted molar refractivity (Wildman–Crippen MR) is 50.3 cm³/mol. The van der Waals surface area contributed by atoms with Crippen molar-refractivity contribution in [2.45, 2.75) is 20.3 Å². The highest BCUT2D eigenvalue weighted by molar-refractivity contribution is 5.91. The molecule has 76 valence electrons.